The normalized spacial score (nSPS) is 18.6. The maximum absolute atomic E-state index is 15.2. The van der Waals surface area contributed by atoms with Gasteiger partial charge in [-0.15, -0.1) is 0 Å². The van der Waals surface area contributed by atoms with Crippen molar-refractivity contribution in [3.05, 3.63) is 52.1 Å². The number of nitrogens with one attached hydrogen (secondary N) is 4. The van der Waals surface area contributed by atoms with E-state index in [1.807, 2.05) is 24.8 Å². The van der Waals surface area contributed by atoms with Crippen LogP contribution in [0.1, 0.15) is 35.6 Å². The smallest absolute Gasteiger partial charge is 0.242 e. The highest BCUT2D eigenvalue weighted by molar-refractivity contribution is 6.32. The van der Waals surface area contributed by atoms with Gasteiger partial charge in [0.05, 0.1) is 25.1 Å². The molecule has 2 aliphatic heterocycles. The van der Waals surface area contributed by atoms with Crippen LogP contribution in [0, 0.1) is 19.7 Å². The summed E-state index contributed by atoms with van der Waals surface area (Å²) in [5.41, 5.74) is 3.09. The minimum atomic E-state index is -0.390. The molecule has 1 amide bonds. The van der Waals surface area contributed by atoms with Crippen LogP contribution in [0.5, 0.6) is 0 Å². The zero-order valence-electron chi connectivity index (χ0n) is 20.8. The number of hydrogen-bond acceptors (Lipinski definition) is 8. The number of morpholine rings is 1. The van der Waals surface area contributed by atoms with Crippen molar-refractivity contribution >= 4 is 40.8 Å². The predicted octanol–water partition coefficient (Wildman–Crippen LogP) is 3.79. The van der Waals surface area contributed by atoms with Crippen LogP contribution in [0.2, 0.25) is 5.02 Å². The molecule has 0 aliphatic carbocycles. The Hall–Kier alpha value is -3.28. The molecule has 4 heterocycles. The third kappa shape index (κ3) is 5.84. The van der Waals surface area contributed by atoms with Gasteiger partial charge in [0.15, 0.2) is 11.6 Å². The van der Waals surface area contributed by atoms with Crippen molar-refractivity contribution in [1.82, 2.24) is 30.4 Å². The number of piperidine rings is 1. The molecule has 2 fully saturated rings. The fourth-order valence-corrected chi connectivity index (χ4v) is 4.96. The van der Waals surface area contributed by atoms with Crippen LogP contribution in [-0.4, -0.2) is 69.9 Å². The summed E-state index contributed by atoms with van der Waals surface area (Å²) < 4.78 is 20.6. The summed E-state index contributed by atoms with van der Waals surface area (Å²) in [5.74, 6) is 1.00. The Morgan fingerprint density at radius 2 is 2.03 bits per heavy atom. The lowest BCUT2D eigenvalue weighted by Gasteiger charge is -2.36. The lowest BCUT2D eigenvalue weighted by molar-refractivity contribution is -0.137. The number of amides is 1. The van der Waals surface area contributed by atoms with Gasteiger partial charge < -0.3 is 25.6 Å². The molecule has 1 aromatic carbocycles. The second-order valence-corrected chi connectivity index (χ2v) is 9.85. The Morgan fingerprint density at radius 1 is 1.22 bits per heavy atom. The van der Waals surface area contributed by atoms with Gasteiger partial charge in [-0.05, 0) is 55.9 Å². The van der Waals surface area contributed by atoms with E-state index in [1.54, 1.807) is 12.1 Å². The van der Waals surface area contributed by atoms with Crippen LogP contribution in [0.3, 0.4) is 0 Å². The highest BCUT2D eigenvalue weighted by Gasteiger charge is 2.30. The van der Waals surface area contributed by atoms with E-state index in [0.717, 1.165) is 29.7 Å². The number of carbonyl (C=O) groups excluding carboxylic acids is 1. The first kappa shape index (κ1) is 25.4. The number of ether oxygens (including phenoxy) is 1. The summed E-state index contributed by atoms with van der Waals surface area (Å²) in [4.78, 5) is 23.2. The number of H-pyrrole nitrogens is 1. The Labute approximate surface area is 219 Å². The summed E-state index contributed by atoms with van der Waals surface area (Å²) in [6, 6.07) is 4.89. The van der Waals surface area contributed by atoms with Crippen molar-refractivity contribution in [3.8, 4) is 0 Å². The van der Waals surface area contributed by atoms with Crippen LogP contribution < -0.4 is 16.0 Å². The van der Waals surface area contributed by atoms with Crippen LogP contribution >= 0.6 is 11.6 Å². The Balaban J connectivity index is 1.24. The van der Waals surface area contributed by atoms with Crippen molar-refractivity contribution in [3.63, 3.8) is 0 Å². The summed E-state index contributed by atoms with van der Waals surface area (Å²) in [5, 5.41) is 16.5. The van der Waals surface area contributed by atoms with Gasteiger partial charge in [0.1, 0.15) is 16.9 Å². The highest BCUT2D eigenvalue weighted by Crippen LogP contribution is 2.34. The first-order valence-corrected chi connectivity index (χ1v) is 12.7. The molecule has 4 N–H and O–H groups in total. The van der Waals surface area contributed by atoms with Crippen LogP contribution in [0.25, 0.3) is 0 Å². The van der Waals surface area contributed by atoms with E-state index in [2.05, 4.69) is 36.1 Å². The van der Waals surface area contributed by atoms with E-state index >= 15 is 4.39 Å². The van der Waals surface area contributed by atoms with Gasteiger partial charge in [-0.3, -0.25) is 9.89 Å². The summed E-state index contributed by atoms with van der Waals surface area (Å²) in [7, 11) is 0. The molecule has 37 heavy (non-hydrogen) atoms. The average Bonchev–Trinajstić information content (AvgIpc) is 3.32. The third-order valence-corrected chi connectivity index (χ3v) is 7.04. The van der Waals surface area contributed by atoms with Crippen molar-refractivity contribution in [2.75, 3.05) is 43.5 Å². The number of likely N-dealkylation sites (tertiary alicyclic amines) is 1. The lowest BCUT2D eigenvalue weighted by Crippen LogP contribution is -2.53. The summed E-state index contributed by atoms with van der Waals surface area (Å²) in [6.07, 6.45) is 3.02. The van der Waals surface area contributed by atoms with Crippen molar-refractivity contribution in [2.45, 2.75) is 38.6 Å². The number of aromatic nitrogens is 4. The topological polar surface area (TPSA) is 120 Å². The zero-order valence-corrected chi connectivity index (χ0v) is 21.5. The number of benzene rings is 1. The number of aryl methyl sites for hydroxylation is 2. The molecular formula is C25H30ClFN8O2. The first-order chi connectivity index (χ1) is 17.9. The van der Waals surface area contributed by atoms with Crippen molar-refractivity contribution in [2.24, 2.45) is 0 Å². The molecule has 5 rings (SSSR count). The van der Waals surface area contributed by atoms with E-state index in [1.165, 1.54) is 6.20 Å². The van der Waals surface area contributed by atoms with E-state index < -0.39 is 5.82 Å². The largest absolute Gasteiger partial charge is 0.378 e. The molecule has 3 aromatic rings. The molecule has 1 atom stereocenters. The number of aromatic amines is 1. The van der Waals surface area contributed by atoms with Crippen LogP contribution in [0.4, 0.5) is 27.7 Å². The molecule has 12 heteroatoms. The fourth-order valence-electron chi connectivity index (χ4n) is 4.83. The van der Waals surface area contributed by atoms with Crippen LogP contribution in [-0.2, 0) is 9.53 Å². The Kier molecular flexibility index (Phi) is 7.54. The summed E-state index contributed by atoms with van der Waals surface area (Å²) >= 11 is 6.23. The van der Waals surface area contributed by atoms with Crippen LogP contribution in [0.15, 0.2) is 24.4 Å². The SMILES string of the molecule is Cc1cc(Nc2nc(Nc3cc(C)c(C4CCN(C(=O)[C@@H]5COCCN5)CC4)cc3F)ncc2Cl)n[nH]1. The highest BCUT2D eigenvalue weighted by atomic mass is 35.5. The number of rotatable bonds is 6. The van der Waals surface area contributed by atoms with Gasteiger partial charge in [-0.2, -0.15) is 10.1 Å². The monoisotopic (exact) mass is 528 g/mol. The fraction of sp³-hybridized carbons (Fsp3) is 0.440. The van der Waals surface area contributed by atoms with Gasteiger partial charge >= 0.3 is 0 Å². The van der Waals surface area contributed by atoms with Gasteiger partial charge in [-0.25, -0.2) is 9.37 Å². The summed E-state index contributed by atoms with van der Waals surface area (Å²) in [6.45, 7) is 6.88. The zero-order chi connectivity index (χ0) is 25.9. The lowest BCUT2D eigenvalue weighted by atomic mass is 9.86. The molecule has 0 unspecified atom stereocenters. The number of halogens is 2. The van der Waals surface area contributed by atoms with Gasteiger partial charge in [0, 0.05) is 31.4 Å². The molecule has 0 radical (unpaired) electrons. The minimum absolute atomic E-state index is 0.0832. The maximum atomic E-state index is 15.2. The predicted molar refractivity (Wildman–Crippen MR) is 139 cm³/mol. The number of anilines is 4. The minimum Gasteiger partial charge on any atom is -0.378 e. The Bertz CT molecular complexity index is 1270. The standard InChI is InChI=1S/C25H30ClFN8O2/c1-14-9-20(30-25-29-12-18(26)23(32-25)31-22-10-15(2)33-34-22)19(27)11-17(14)16-3-6-35(7-4-16)24(36)21-13-37-8-5-28-21/h9-12,16,21,28H,3-8,13H2,1-2H3,(H3,29,30,31,32,33,34)/t21-/m0/s1. The Morgan fingerprint density at radius 3 is 2.73 bits per heavy atom. The molecular weight excluding hydrogens is 499 g/mol. The first-order valence-electron chi connectivity index (χ1n) is 12.4. The van der Waals surface area contributed by atoms with E-state index in [4.69, 9.17) is 16.3 Å². The molecule has 0 saturated carbocycles. The van der Waals surface area contributed by atoms with Crippen molar-refractivity contribution in [1.29, 1.82) is 0 Å². The van der Waals surface area contributed by atoms with E-state index in [0.29, 0.717) is 49.5 Å². The average molecular weight is 529 g/mol. The quantitative estimate of drug-likeness (QED) is 0.381. The number of hydrogen-bond donors (Lipinski definition) is 4. The third-order valence-electron chi connectivity index (χ3n) is 6.76. The van der Waals surface area contributed by atoms with Gasteiger partial charge in [0.2, 0.25) is 11.9 Å². The molecule has 0 bridgehead atoms. The second kappa shape index (κ2) is 11.0. The van der Waals surface area contributed by atoms with E-state index in [9.17, 15) is 4.79 Å². The molecule has 196 valence electrons. The molecule has 2 aromatic heterocycles. The van der Waals surface area contributed by atoms with Gasteiger partial charge in [-0.1, -0.05) is 11.6 Å². The van der Waals surface area contributed by atoms with E-state index in [-0.39, 0.29) is 29.5 Å². The number of nitrogens with zero attached hydrogens (tertiary/aromatic N) is 4. The molecule has 2 aliphatic rings. The molecule has 10 nitrogen and oxygen atoms in total. The van der Waals surface area contributed by atoms with Crippen molar-refractivity contribution < 1.29 is 13.9 Å². The molecule has 0 spiro atoms. The van der Waals surface area contributed by atoms with Gasteiger partial charge in [0.25, 0.3) is 0 Å². The maximum Gasteiger partial charge on any atom is 0.242 e. The second-order valence-electron chi connectivity index (χ2n) is 9.45. The molecule has 2 saturated heterocycles. The number of carbonyl (C=O) groups is 1.